The molecule has 6 heteroatoms. The van der Waals surface area contributed by atoms with Crippen LogP contribution in [0.25, 0.3) is 0 Å². The van der Waals surface area contributed by atoms with Crippen molar-refractivity contribution in [3.8, 4) is 0 Å². The number of amides is 2. The first-order chi connectivity index (χ1) is 12.0. The van der Waals surface area contributed by atoms with E-state index in [0.29, 0.717) is 25.2 Å². The first-order valence-corrected chi connectivity index (χ1v) is 8.66. The maximum Gasteiger partial charge on any atom is 0.257 e. The number of carbonyl (C=O) groups excluding carboxylic acids is 2. The molecule has 0 saturated carbocycles. The monoisotopic (exact) mass is 340 g/mol. The van der Waals surface area contributed by atoms with Gasteiger partial charge in [0.05, 0.1) is 17.3 Å². The summed E-state index contributed by atoms with van der Waals surface area (Å²) < 4.78 is 1.78. The van der Waals surface area contributed by atoms with Crippen molar-refractivity contribution in [2.75, 3.05) is 19.6 Å². The molecule has 3 rings (SSSR count). The van der Waals surface area contributed by atoms with Crippen LogP contribution in [0.1, 0.15) is 41.5 Å². The lowest BCUT2D eigenvalue weighted by atomic mass is 10.0. The highest BCUT2D eigenvalue weighted by Crippen LogP contribution is 2.27. The Hall–Kier alpha value is -2.63. The van der Waals surface area contributed by atoms with Gasteiger partial charge in [-0.3, -0.25) is 14.3 Å². The molecular weight excluding hydrogens is 316 g/mol. The van der Waals surface area contributed by atoms with Gasteiger partial charge in [0, 0.05) is 39.3 Å². The van der Waals surface area contributed by atoms with E-state index < -0.39 is 0 Å². The number of hydrogen-bond donors (Lipinski definition) is 0. The molecule has 1 aliphatic heterocycles. The largest absolute Gasteiger partial charge is 0.339 e. The Morgan fingerprint density at radius 2 is 1.92 bits per heavy atom. The second kappa shape index (κ2) is 7.09. The van der Waals surface area contributed by atoms with E-state index in [-0.39, 0.29) is 17.9 Å². The highest BCUT2D eigenvalue weighted by molar-refractivity contribution is 5.95. The third-order valence-electron chi connectivity index (χ3n) is 4.77. The number of aryl methyl sites for hydroxylation is 2. The smallest absolute Gasteiger partial charge is 0.257 e. The fourth-order valence-electron chi connectivity index (χ4n) is 3.32. The lowest BCUT2D eigenvalue weighted by Crippen LogP contribution is -2.51. The van der Waals surface area contributed by atoms with Crippen LogP contribution < -0.4 is 0 Å². The summed E-state index contributed by atoms with van der Waals surface area (Å²) in [5.41, 5.74) is 2.43. The van der Waals surface area contributed by atoms with Gasteiger partial charge in [0.1, 0.15) is 0 Å². The Morgan fingerprint density at radius 1 is 1.20 bits per heavy atom. The molecule has 0 radical (unpaired) electrons. The quantitative estimate of drug-likeness (QED) is 0.861. The molecule has 2 aromatic rings. The Kier molecular flexibility index (Phi) is 4.88. The molecule has 0 bridgehead atoms. The second-order valence-electron chi connectivity index (χ2n) is 6.37. The zero-order valence-corrected chi connectivity index (χ0v) is 15.0. The van der Waals surface area contributed by atoms with Gasteiger partial charge >= 0.3 is 0 Å². The molecule has 1 fully saturated rings. The summed E-state index contributed by atoms with van der Waals surface area (Å²) in [5, 5.41) is 4.39. The molecule has 1 saturated heterocycles. The summed E-state index contributed by atoms with van der Waals surface area (Å²) in [7, 11) is 0. The highest BCUT2D eigenvalue weighted by Gasteiger charge is 2.34. The molecule has 2 amide bonds. The van der Waals surface area contributed by atoms with Gasteiger partial charge in [0.15, 0.2) is 0 Å². The van der Waals surface area contributed by atoms with Crippen molar-refractivity contribution in [3.05, 3.63) is 53.3 Å². The lowest BCUT2D eigenvalue weighted by molar-refractivity contribution is -0.131. The predicted molar refractivity (Wildman–Crippen MR) is 95.1 cm³/mol. The second-order valence-corrected chi connectivity index (χ2v) is 6.37. The summed E-state index contributed by atoms with van der Waals surface area (Å²) >= 11 is 0. The number of rotatable bonds is 3. The highest BCUT2D eigenvalue weighted by atomic mass is 16.2. The standard InChI is InChI=1S/C19H24N4O2/c1-4-22-12-17(14(2)20-22)19(25)23-11-10-21(15(3)24)13-18(23)16-8-6-5-7-9-16/h5-9,12,18H,4,10-11,13H2,1-3H3/t18-/m0/s1. The molecule has 6 nitrogen and oxygen atoms in total. The van der Waals surface area contributed by atoms with Crippen molar-refractivity contribution in [3.63, 3.8) is 0 Å². The van der Waals surface area contributed by atoms with E-state index in [2.05, 4.69) is 5.10 Å². The van der Waals surface area contributed by atoms with E-state index in [1.165, 1.54) is 0 Å². The number of benzene rings is 1. The lowest BCUT2D eigenvalue weighted by Gasteiger charge is -2.41. The molecule has 25 heavy (non-hydrogen) atoms. The van der Waals surface area contributed by atoms with Crippen LogP contribution in [0.15, 0.2) is 36.5 Å². The van der Waals surface area contributed by atoms with Gasteiger partial charge in [-0.25, -0.2) is 0 Å². The Morgan fingerprint density at radius 3 is 2.52 bits per heavy atom. The summed E-state index contributed by atoms with van der Waals surface area (Å²) in [6.07, 6.45) is 1.82. The third-order valence-corrected chi connectivity index (χ3v) is 4.77. The topological polar surface area (TPSA) is 58.4 Å². The van der Waals surface area contributed by atoms with Crippen molar-refractivity contribution >= 4 is 11.8 Å². The molecule has 2 heterocycles. The van der Waals surface area contributed by atoms with Gasteiger partial charge in [-0.15, -0.1) is 0 Å². The van der Waals surface area contributed by atoms with Gasteiger partial charge in [-0.05, 0) is 19.4 Å². The first kappa shape index (κ1) is 17.2. The van der Waals surface area contributed by atoms with Crippen molar-refractivity contribution < 1.29 is 9.59 Å². The van der Waals surface area contributed by atoms with E-state index in [1.807, 2.05) is 60.2 Å². The molecule has 0 aliphatic carbocycles. The molecule has 0 spiro atoms. The number of aromatic nitrogens is 2. The number of piperazine rings is 1. The average molecular weight is 340 g/mol. The summed E-state index contributed by atoms with van der Waals surface area (Å²) in [4.78, 5) is 28.7. The van der Waals surface area contributed by atoms with Crippen molar-refractivity contribution in [1.82, 2.24) is 19.6 Å². The van der Waals surface area contributed by atoms with Gasteiger partial charge in [0.2, 0.25) is 5.91 Å². The maximum absolute atomic E-state index is 13.2. The number of carbonyl (C=O) groups is 2. The van der Waals surface area contributed by atoms with Crippen molar-refractivity contribution in [1.29, 1.82) is 0 Å². The Balaban J connectivity index is 1.93. The normalized spacial score (nSPS) is 17.6. The molecule has 1 aliphatic rings. The van der Waals surface area contributed by atoms with Crippen LogP contribution in [0.3, 0.4) is 0 Å². The fraction of sp³-hybridized carbons (Fsp3) is 0.421. The summed E-state index contributed by atoms with van der Waals surface area (Å²) in [6.45, 7) is 7.78. The minimum atomic E-state index is -0.143. The van der Waals surface area contributed by atoms with E-state index in [4.69, 9.17) is 0 Å². The van der Waals surface area contributed by atoms with Gasteiger partial charge < -0.3 is 9.80 Å². The van der Waals surface area contributed by atoms with Crippen LogP contribution in [-0.4, -0.2) is 51.0 Å². The average Bonchev–Trinajstić information content (AvgIpc) is 3.02. The predicted octanol–water partition coefficient (Wildman–Crippen LogP) is 2.26. The summed E-state index contributed by atoms with van der Waals surface area (Å²) in [5.74, 6) is 0.0252. The van der Waals surface area contributed by atoms with Crippen LogP contribution in [-0.2, 0) is 11.3 Å². The third kappa shape index (κ3) is 3.43. The molecule has 132 valence electrons. The molecule has 1 aromatic heterocycles. The molecule has 0 N–H and O–H groups in total. The molecule has 1 atom stereocenters. The zero-order chi connectivity index (χ0) is 18.0. The molecular formula is C19H24N4O2. The SMILES string of the molecule is CCn1cc(C(=O)N2CCN(C(C)=O)C[C@H]2c2ccccc2)c(C)n1. The van der Waals surface area contributed by atoms with Gasteiger partial charge in [-0.2, -0.15) is 5.10 Å². The van der Waals surface area contributed by atoms with E-state index >= 15 is 0 Å². The minimum Gasteiger partial charge on any atom is -0.339 e. The first-order valence-electron chi connectivity index (χ1n) is 8.66. The zero-order valence-electron chi connectivity index (χ0n) is 15.0. The maximum atomic E-state index is 13.2. The number of nitrogens with zero attached hydrogens (tertiary/aromatic N) is 4. The minimum absolute atomic E-state index is 0.0192. The van der Waals surface area contributed by atoms with Crippen molar-refractivity contribution in [2.45, 2.75) is 33.4 Å². The van der Waals surface area contributed by atoms with E-state index in [1.54, 1.807) is 11.6 Å². The Bertz CT molecular complexity index is 769. The van der Waals surface area contributed by atoms with Crippen LogP contribution in [0.2, 0.25) is 0 Å². The Labute approximate surface area is 148 Å². The van der Waals surface area contributed by atoms with Crippen LogP contribution >= 0.6 is 0 Å². The number of hydrogen-bond acceptors (Lipinski definition) is 3. The summed E-state index contributed by atoms with van der Waals surface area (Å²) in [6, 6.07) is 9.76. The van der Waals surface area contributed by atoms with Gasteiger partial charge in [0.25, 0.3) is 5.91 Å². The van der Waals surface area contributed by atoms with Crippen LogP contribution in [0.4, 0.5) is 0 Å². The van der Waals surface area contributed by atoms with Crippen molar-refractivity contribution in [2.24, 2.45) is 0 Å². The molecule has 0 unspecified atom stereocenters. The van der Waals surface area contributed by atoms with Crippen LogP contribution in [0, 0.1) is 6.92 Å². The molecule has 1 aromatic carbocycles. The van der Waals surface area contributed by atoms with E-state index in [9.17, 15) is 9.59 Å². The van der Waals surface area contributed by atoms with E-state index in [0.717, 1.165) is 17.8 Å². The van der Waals surface area contributed by atoms with Gasteiger partial charge in [-0.1, -0.05) is 30.3 Å². The fourth-order valence-corrected chi connectivity index (χ4v) is 3.32. The van der Waals surface area contributed by atoms with Crippen LogP contribution in [0.5, 0.6) is 0 Å².